The summed E-state index contributed by atoms with van der Waals surface area (Å²) in [5, 5.41) is 20.5. The summed E-state index contributed by atoms with van der Waals surface area (Å²) in [5.41, 5.74) is 5.72. The van der Waals surface area contributed by atoms with Crippen LogP contribution in [-0.4, -0.2) is 22.1 Å². The zero-order valence-corrected chi connectivity index (χ0v) is 10.8. The Morgan fingerprint density at radius 3 is 2.80 bits per heavy atom. The van der Waals surface area contributed by atoms with Crippen LogP contribution >= 0.6 is 11.3 Å². The number of carbonyl (C=O) groups excluding carboxylic acids is 1. The maximum Gasteiger partial charge on any atom is 0.357 e. The number of carboxylic acids is 1. The minimum atomic E-state index is -1.27. The summed E-state index contributed by atoms with van der Waals surface area (Å²) in [6.07, 6.45) is 0. The van der Waals surface area contributed by atoms with Crippen molar-refractivity contribution in [2.75, 3.05) is 5.32 Å². The number of aromatic nitrogens is 1. The molecule has 100 valence electrons. The Bertz CT molecular complexity index is 733. The largest absolute Gasteiger partial charge is 0.476 e. The Morgan fingerprint density at radius 2 is 2.20 bits per heavy atom. The number of nitriles is 1. The predicted molar refractivity (Wildman–Crippen MR) is 72.4 cm³/mol. The van der Waals surface area contributed by atoms with Crippen molar-refractivity contribution >= 4 is 28.3 Å². The zero-order chi connectivity index (χ0) is 14.7. The molecule has 0 spiro atoms. The van der Waals surface area contributed by atoms with Crippen molar-refractivity contribution in [2.45, 2.75) is 0 Å². The third-order valence-electron chi connectivity index (χ3n) is 2.31. The van der Waals surface area contributed by atoms with Gasteiger partial charge in [0.25, 0.3) is 0 Å². The number of urea groups is 1. The third-order valence-corrected chi connectivity index (χ3v) is 3.32. The molecule has 0 fully saturated rings. The van der Waals surface area contributed by atoms with Crippen LogP contribution in [0.1, 0.15) is 16.1 Å². The van der Waals surface area contributed by atoms with E-state index in [1.165, 1.54) is 0 Å². The van der Waals surface area contributed by atoms with Gasteiger partial charge >= 0.3 is 12.0 Å². The number of hydrogen-bond acceptors (Lipinski definition) is 5. The monoisotopic (exact) mass is 288 g/mol. The van der Waals surface area contributed by atoms with Crippen LogP contribution in [0.25, 0.3) is 10.6 Å². The standard InChI is InChI=1S/C12H8N4O3S/c13-5-6-2-1-3-7(4-6)9-15-8(11(17)18)10(20-9)16-12(14)19/h1-4H,(H,17,18)(H3,14,16,19). The molecule has 0 radical (unpaired) electrons. The van der Waals surface area contributed by atoms with Crippen molar-refractivity contribution in [1.29, 1.82) is 5.26 Å². The summed E-state index contributed by atoms with van der Waals surface area (Å²) in [7, 11) is 0. The van der Waals surface area contributed by atoms with Crippen LogP contribution in [0.3, 0.4) is 0 Å². The Labute approximate surface area is 117 Å². The van der Waals surface area contributed by atoms with Gasteiger partial charge in [-0.1, -0.05) is 23.5 Å². The molecule has 20 heavy (non-hydrogen) atoms. The van der Waals surface area contributed by atoms with Gasteiger partial charge in [-0.3, -0.25) is 5.32 Å². The van der Waals surface area contributed by atoms with Gasteiger partial charge in [0.05, 0.1) is 11.6 Å². The average molecular weight is 288 g/mol. The lowest BCUT2D eigenvalue weighted by atomic mass is 10.1. The second kappa shape index (κ2) is 5.38. The number of primary amides is 1. The molecule has 4 N–H and O–H groups in total. The first-order valence-electron chi connectivity index (χ1n) is 5.32. The molecule has 1 heterocycles. The van der Waals surface area contributed by atoms with E-state index in [4.69, 9.17) is 16.1 Å². The highest BCUT2D eigenvalue weighted by molar-refractivity contribution is 7.19. The number of nitrogens with two attached hydrogens (primary N) is 1. The molecule has 0 bridgehead atoms. The second-order valence-corrected chi connectivity index (χ2v) is 4.68. The number of carbonyl (C=O) groups is 2. The number of anilines is 1. The number of amides is 2. The van der Waals surface area contributed by atoms with Gasteiger partial charge in [0, 0.05) is 5.56 Å². The lowest BCUT2D eigenvalue weighted by Gasteiger charge is -1.96. The van der Waals surface area contributed by atoms with Gasteiger partial charge < -0.3 is 10.8 Å². The van der Waals surface area contributed by atoms with E-state index in [1.54, 1.807) is 24.3 Å². The second-order valence-electron chi connectivity index (χ2n) is 3.68. The number of thiazole rings is 1. The van der Waals surface area contributed by atoms with Gasteiger partial charge in [0.15, 0.2) is 5.69 Å². The molecule has 2 rings (SSSR count). The van der Waals surface area contributed by atoms with E-state index in [0.29, 0.717) is 16.1 Å². The fraction of sp³-hybridized carbons (Fsp3) is 0. The average Bonchev–Trinajstić information content (AvgIpc) is 2.82. The summed E-state index contributed by atoms with van der Waals surface area (Å²) in [5.74, 6) is -1.27. The molecule has 0 atom stereocenters. The summed E-state index contributed by atoms with van der Waals surface area (Å²) in [4.78, 5) is 25.9. The molecule has 0 aliphatic carbocycles. The molecule has 0 saturated heterocycles. The SMILES string of the molecule is N#Cc1cccc(-c2nc(C(=O)O)c(NC(N)=O)s2)c1. The lowest BCUT2D eigenvalue weighted by Crippen LogP contribution is -2.20. The summed E-state index contributed by atoms with van der Waals surface area (Å²) < 4.78 is 0. The molecule has 0 unspecified atom stereocenters. The Kier molecular flexibility index (Phi) is 3.63. The number of hydrogen-bond donors (Lipinski definition) is 3. The van der Waals surface area contributed by atoms with Crippen LogP contribution in [-0.2, 0) is 0 Å². The zero-order valence-electron chi connectivity index (χ0n) is 9.95. The molecule has 2 amide bonds. The first-order valence-corrected chi connectivity index (χ1v) is 6.14. The lowest BCUT2D eigenvalue weighted by molar-refractivity contribution is 0.0692. The van der Waals surface area contributed by atoms with Gasteiger partial charge in [-0.05, 0) is 12.1 Å². The molecule has 2 aromatic rings. The van der Waals surface area contributed by atoms with E-state index >= 15 is 0 Å². The molecule has 0 aliphatic heterocycles. The third kappa shape index (κ3) is 2.73. The van der Waals surface area contributed by atoms with Crippen LogP contribution < -0.4 is 11.1 Å². The topological polar surface area (TPSA) is 129 Å². The molecule has 8 heteroatoms. The highest BCUT2D eigenvalue weighted by Gasteiger charge is 2.19. The van der Waals surface area contributed by atoms with Crippen LogP contribution in [0.4, 0.5) is 9.80 Å². The molecule has 0 saturated carbocycles. The van der Waals surface area contributed by atoms with Crippen molar-refractivity contribution in [2.24, 2.45) is 5.73 Å². The van der Waals surface area contributed by atoms with Gasteiger partial charge in [0.2, 0.25) is 0 Å². The van der Waals surface area contributed by atoms with Crippen molar-refractivity contribution in [3.8, 4) is 16.6 Å². The quantitative estimate of drug-likeness (QED) is 0.793. The van der Waals surface area contributed by atoms with Crippen molar-refractivity contribution < 1.29 is 14.7 Å². The Morgan fingerprint density at radius 1 is 1.45 bits per heavy atom. The van der Waals surface area contributed by atoms with E-state index in [2.05, 4.69) is 10.3 Å². The summed E-state index contributed by atoms with van der Waals surface area (Å²) >= 11 is 0.975. The minimum absolute atomic E-state index is 0.0577. The first-order chi connectivity index (χ1) is 9.51. The van der Waals surface area contributed by atoms with E-state index in [0.717, 1.165) is 11.3 Å². The summed E-state index contributed by atoms with van der Waals surface area (Å²) in [6, 6.07) is 7.68. The number of carboxylic acid groups (broad SMARTS) is 1. The Balaban J connectivity index is 2.50. The van der Waals surface area contributed by atoms with Gasteiger partial charge in [0.1, 0.15) is 10.0 Å². The van der Waals surface area contributed by atoms with Crippen LogP contribution in [0.5, 0.6) is 0 Å². The normalized spacial score (nSPS) is 9.75. The van der Waals surface area contributed by atoms with Crippen LogP contribution in [0, 0.1) is 11.3 Å². The number of benzene rings is 1. The molecule has 1 aromatic heterocycles. The predicted octanol–water partition coefficient (Wildman–Crippen LogP) is 1.87. The Hall–Kier alpha value is -2.92. The maximum absolute atomic E-state index is 11.1. The number of nitrogens with one attached hydrogen (secondary N) is 1. The number of aromatic carboxylic acids is 1. The van der Waals surface area contributed by atoms with Crippen LogP contribution in [0.15, 0.2) is 24.3 Å². The van der Waals surface area contributed by atoms with E-state index in [1.807, 2.05) is 6.07 Å². The van der Waals surface area contributed by atoms with Crippen molar-refractivity contribution in [3.05, 3.63) is 35.5 Å². The minimum Gasteiger partial charge on any atom is -0.476 e. The molecule has 0 aliphatic rings. The van der Waals surface area contributed by atoms with Crippen LogP contribution in [0.2, 0.25) is 0 Å². The molecular formula is C12H8N4O3S. The smallest absolute Gasteiger partial charge is 0.357 e. The van der Waals surface area contributed by atoms with Crippen molar-refractivity contribution in [3.63, 3.8) is 0 Å². The first kappa shape index (κ1) is 13.5. The fourth-order valence-corrected chi connectivity index (χ4v) is 2.46. The number of rotatable bonds is 3. The van der Waals surface area contributed by atoms with E-state index in [9.17, 15) is 9.59 Å². The molecule has 1 aromatic carbocycles. The van der Waals surface area contributed by atoms with E-state index < -0.39 is 12.0 Å². The van der Waals surface area contributed by atoms with Crippen molar-refractivity contribution in [1.82, 2.24) is 4.98 Å². The van der Waals surface area contributed by atoms with Gasteiger partial charge in [-0.15, -0.1) is 0 Å². The molecular weight excluding hydrogens is 280 g/mol. The fourth-order valence-electron chi connectivity index (χ4n) is 1.51. The number of nitrogens with zero attached hydrogens (tertiary/aromatic N) is 2. The highest BCUT2D eigenvalue weighted by Crippen LogP contribution is 2.32. The maximum atomic E-state index is 11.1. The van der Waals surface area contributed by atoms with Gasteiger partial charge in [-0.25, -0.2) is 14.6 Å². The summed E-state index contributed by atoms with van der Waals surface area (Å²) in [6.45, 7) is 0. The van der Waals surface area contributed by atoms with Gasteiger partial charge in [-0.2, -0.15) is 5.26 Å². The highest BCUT2D eigenvalue weighted by atomic mass is 32.1. The molecule has 7 nitrogen and oxygen atoms in total. The van der Waals surface area contributed by atoms with E-state index in [-0.39, 0.29) is 10.7 Å².